The Morgan fingerprint density at radius 2 is 1.72 bits per heavy atom. The van der Waals surface area contributed by atoms with E-state index in [9.17, 15) is 14.4 Å². The van der Waals surface area contributed by atoms with Crippen LogP contribution in [-0.4, -0.2) is 56.2 Å². The predicted molar refractivity (Wildman–Crippen MR) is 118 cm³/mol. The lowest BCUT2D eigenvalue weighted by Crippen LogP contribution is -2.41. The first kappa shape index (κ1) is 23.1. The van der Waals surface area contributed by atoms with E-state index in [2.05, 4.69) is 5.32 Å². The molecule has 0 saturated carbocycles. The third-order valence-corrected chi connectivity index (χ3v) is 5.35. The fourth-order valence-corrected chi connectivity index (χ4v) is 3.54. The number of hydrogen-bond acceptors (Lipinski definition) is 6. The van der Waals surface area contributed by atoms with E-state index in [0.29, 0.717) is 48.2 Å². The Hall–Kier alpha value is -3.55. The number of likely N-dealkylation sites (tertiary alicyclic amines) is 1. The van der Waals surface area contributed by atoms with Crippen LogP contribution in [0, 0.1) is 5.92 Å². The molecule has 0 aromatic heterocycles. The first-order chi connectivity index (χ1) is 15.5. The highest BCUT2D eigenvalue weighted by molar-refractivity contribution is 5.95. The van der Waals surface area contributed by atoms with E-state index in [1.807, 2.05) is 4.90 Å². The van der Waals surface area contributed by atoms with Crippen LogP contribution in [0.25, 0.3) is 0 Å². The summed E-state index contributed by atoms with van der Waals surface area (Å²) >= 11 is 0. The summed E-state index contributed by atoms with van der Waals surface area (Å²) in [6, 6.07) is 13.5. The van der Waals surface area contributed by atoms with Crippen molar-refractivity contribution in [2.24, 2.45) is 5.92 Å². The highest BCUT2D eigenvalue weighted by Crippen LogP contribution is 2.20. The molecule has 0 aliphatic carbocycles. The van der Waals surface area contributed by atoms with Crippen molar-refractivity contribution in [1.82, 2.24) is 10.2 Å². The molecule has 1 fully saturated rings. The molecule has 1 saturated heterocycles. The van der Waals surface area contributed by atoms with Crippen LogP contribution in [0.2, 0.25) is 0 Å². The van der Waals surface area contributed by atoms with Crippen molar-refractivity contribution in [1.29, 1.82) is 0 Å². The minimum atomic E-state index is -0.771. The first-order valence-electron chi connectivity index (χ1n) is 10.7. The molecule has 0 atom stereocenters. The summed E-state index contributed by atoms with van der Waals surface area (Å²) in [7, 11) is 1.57. The molecule has 0 unspecified atom stereocenters. The zero-order valence-corrected chi connectivity index (χ0v) is 18.3. The van der Waals surface area contributed by atoms with Gasteiger partial charge >= 0.3 is 6.16 Å². The summed E-state index contributed by atoms with van der Waals surface area (Å²) < 4.78 is 14.9. The van der Waals surface area contributed by atoms with Crippen LogP contribution in [0.4, 0.5) is 4.79 Å². The fourth-order valence-electron chi connectivity index (χ4n) is 3.54. The van der Waals surface area contributed by atoms with Gasteiger partial charge in [0, 0.05) is 30.8 Å². The van der Waals surface area contributed by atoms with E-state index in [1.54, 1.807) is 62.6 Å². The van der Waals surface area contributed by atoms with Crippen molar-refractivity contribution in [3.8, 4) is 11.5 Å². The van der Waals surface area contributed by atoms with Gasteiger partial charge in [-0.2, -0.15) is 0 Å². The van der Waals surface area contributed by atoms with Crippen LogP contribution in [0.15, 0.2) is 48.5 Å². The number of carbonyl (C=O) groups is 3. The number of nitrogens with zero attached hydrogens (tertiary/aromatic N) is 1. The van der Waals surface area contributed by atoms with Crippen molar-refractivity contribution < 1.29 is 28.6 Å². The van der Waals surface area contributed by atoms with Crippen molar-refractivity contribution >= 4 is 18.0 Å². The third kappa shape index (κ3) is 6.23. The number of ether oxygens (including phenoxy) is 3. The summed E-state index contributed by atoms with van der Waals surface area (Å²) in [4.78, 5) is 38.3. The lowest BCUT2D eigenvalue weighted by Gasteiger charge is -2.32. The molecule has 32 heavy (non-hydrogen) atoms. The molecule has 2 amide bonds. The number of benzene rings is 2. The summed E-state index contributed by atoms with van der Waals surface area (Å²) in [5, 5.41) is 2.98. The van der Waals surface area contributed by atoms with E-state index in [0.717, 1.165) is 12.8 Å². The third-order valence-electron chi connectivity index (χ3n) is 5.35. The van der Waals surface area contributed by atoms with Crippen molar-refractivity contribution in [2.75, 3.05) is 33.4 Å². The zero-order valence-electron chi connectivity index (χ0n) is 18.3. The minimum absolute atomic E-state index is 0.0634. The normalized spacial score (nSPS) is 13.9. The topological polar surface area (TPSA) is 94.2 Å². The molecule has 170 valence electrons. The lowest BCUT2D eigenvalue weighted by molar-refractivity contribution is 0.0684. The monoisotopic (exact) mass is 440 g/mol. The van der Waals surface area contributed by atoms with Gasteiger partial charge < -0.3 is 24.4 Å². The number of amides is 2. The van der Waals surface area contributed by atoms with E-state index in [1.165, 1.54) is 0 Å². The molecule has 1 aliphatic heterocycles. The first-order valence-corrected chi connectivity index (χ1v) is 10.7. The molecule has 1 N–H and O–H groups in total. The molecule has 0 spiro atoms. The van der Waals surface area contributed by atoms with Gasteiger partial charge in [-0.25, -0.2) is 4.79 Å². The molecule has 1 heterocycles. The van der Waals surface area contributed by atoms with E-state index < -0.39 is 6.16 Å². The van der Waals surface area contributed by atoms with Gasteiger partial charge in [-0.3, -0.25) is 9.59 Å². The van der Waals surface area contributed by atoms with Gasteiger partial charge in [0.2, 0.25) is 0 Å². The number of carbonyl (C=O) groups excluding carboxylic acids is 3. The molecular formula is C24H28N2O6. The summed E-state index contributed by atoms with van der Waals surface area (Å²) in [6.45, 7) is 3.74. The molecule has 1 aliphatic rings. The maximum Gasteiger partial charge on any atom is 0.513 e. The average Bonchev–Trinajstić information content (AvgIpc) is 2.83. The Balaban J connectivity index is 1.45. The summed E-state index contributed by atoms with van der Waals surface area (Å²) in [5.41, 5.74) is 1.10. The molecule has 8 nitrogen and oxygen atoms in total. The molecule has 2 aromatic rings. The minimum Gasteiger partial charge on any atom is -0.497 e. The lowest BCUT2D eigenvalue weighted by atomic mass is 9.96. The number of methoxy groups -OCH3 is 1. The average molecular weight is 440 g/mol. The Morgan fingerprint density at radius 1 is 1.00 bits per heavy atom. The van der Waals surface area contributed by atoms with Crippen molar-refractivity contribution in [3.63, 3.8) is 0 Å². The second kappa shape index (κ2) is 11.2. The van der Waals surface area contributed by atoms with E-state index >= 15 is 0 Å². The SMILES string of the molecule is CCOC(=O)Oc1ccc(C(=O)N2CCC(CNC(=O)c3cccc(OC)c3)CC2)cc1. The van der Waals surface area contributed by atoms with Crippen LogP contribution in [0.1, 0.15) is 40.5 Å². The van der Waals surface area contributed by atoms with Gasteiger partial charge in [0.05, 0.1) is 13.7 Å². The van der Waals surface area contributed by atoms with Crippen LogP contribution in [-0.2, 0) is 4.74 Å². The molecule has 0 radical (unpaired) electrons. The Kier molecular flexibility index (Phi) is 8.08. The Morgan fingerprint density at radius 3 is 2.38 bits per heavy atom. The maximum atomic E-state index is 12.8. The Labute approximate surface area is 187 Å². The molecular weight excluding hydrogens is 412 g/mol. The highest BCUT2D eigenvalue weighted by Gasteiger charge is 2.24. The smallest absolute Gasteiger partial charge is 0.497 e. The summed E-state index contributed by atoms with van der Waals surface area (Å²) in [6.07, 6.45) is 0.856. The van der Waals surface area contributed by atoms with Crippen molar-refractivity contribution in [2.45, 2.75) is 19.8 Å². The van der Waals surface area contributed by atoms with Crippen molar-refractivity contribution in [3.05, 3.63) is 59.7 Å². The van der Waals surface area contributed by atoms with Gasteiger partial charge in [-0.1, -0.05) is 6.07 Å². The number of nitrogens with one attached hydrogen (secondary N) is 1. The van der Waals surface area contributed by atoms with Crippen LogP contribution < -0.4 is 14.8 Å². The van der Waals surface area contributed by atoms with Gasteiger partial charge in [0.1, 0.15) is 11.5 Å². The predicted octanol–water partition coefficient (Wildman–Crippen LogP) is 3.51. The van der Waals surface area contributed by atoms with Gasteiger partial charge in [0.25, 0.3) is 11.8 Å². The van der Waals surface area contributed by atoms with Gasteiger partial charge in [-0.05, 0) is 68.1 Å². The van der Waals surface area contributed by atoms with Gasteiger partial charge in [0.15, 0.2) is 0 Å². The van der Waals surface area contributed by atoms with E-state index in [-0.39, 0.29) is 18.4 Å². The molecule has 8 heteroatoms. The van der Waals surface area contributed by atoms with Crippen LogP contribution >= 0.6 is 0 Å². The van der Waals surface area contributed by atoms with Gasteiger partial charge in [-0.15, -0.1) is 0 Å². The Bertz CT molecular complexity index is 936. The number of rotatable bonds is 7. The highest BCUT2D eigenvalue weighted by atomic mass is 16.7. The zero-order chi connectivity index (χ0) is 22.9. The van der Waals surface area contributed by atoms with Crippen LogP contribution in [0.3, 0.4) is 0 Å². The molecule has 0 bridgehead atoms. The second-order valence-corrected chi connectivity index (χ2v) is 7.49. The summed E-state index contributed by atoms with van der Waals surface area (Å²) in [5.74, 6) is 1.09. The quantitative estimate of drug-likeness (QED) is 0.523. The molecule has 2 aromatic carbocycles. The second-order valence-electron chi connectivity index (χ2n) is 7.49. The largest absolute Gasteiger partial charge is 0.513 e. The standard InChI is InChI=1S/C24H28N2O6/c1-3-31-24(29)32-20-9-7-18(8-10-20)23(28)26-13-11-17(12-14-26)16-25-22(27)19-5-4-6-21(15-19)30-2/h4-10,15,17H,3,11-14,16H2,1-2H3,(H,25,27). The fraction of sp³-hybridized carbons (Fsp3) is 0.375. The number of hydrogen-bond donors (Lipinski definition) is 1. The van der Waals surface area contributed by atoms with E-state index in [4.69, 9.17) is 14.2 Å². The molecule has 3 rings (SSSR count). The van der Waals surface area contributed by atoms with Crippen LogP contribution in [0.5, 0.6) is 11.5 Å². The maximum absolute atomic E-state index is 12.8. The number of piperidine rings is 1.